The minimum absolute atomic E-state index is 0.763. The van der Waals surface area contributed by atoms with Gasteiger partial charge in [0.2, 0.25) is 0 Å². The lowest BCUT2D eigenvalue weighted by atomic mass is 10.1. The molecule has 0 atom stereocenters. The molecule has 0 saturated heterocycles. The van der Waals surface area contributed by atoms with Gasteiger partial charge in [0.15, 0.2) is 0 Å². The van der Waals surface area contributed by atoms with E-state index in [2.05, 4.69) is 61.5 Å². The van der Waals surface area contributed by atoms with Gasteiger partial charge in [-0.3, -0.25) is 0 Å². The lowest BCUT2D eigenvalue weighted by Gasteiger charge is -2.28. The third-order valence-electron chi connectivity index (χ3n) is 3.56. The van der Waals surface area contributed by atoms with Crippen molar-refractivity contribution in [3.8, 4) is 0 Å². The van der Waals surface area contributed by atoms with Gasteiger partial charge in [-0.15, -0.1) is 0 Å². The van der Waals surface area contributed by atoms with Gasteiger partial charge in [0.1, 0.15) is 0 Å². The lowest BCUT2D eigenvalue weighted by Crippen LogP contribution is -2.27. The van der Waals surface area contributed by atoms with Gasteiger partial charge in [-0.05, 0) is 39.6 Å². The number of hydrogen-bond acceptors (Lipinski definition) is 4. The van der Waals surface area contributed by atoms with Crippen LogP contribution in [0.1, 0.15) is 12.8 Å². The maximum Gasteiger partial charge on any atom is 0.0637 e. The fraction of sp³-hybridized carbons (Fsp3) is 0.688. The first-order chi connectivity index (χ1) is 9.54. The van der Waals surface area contributed by atoms with Crippen molar-refractivity contribution < 1.29 is 4.74 Å². The fourth-order valence-electron chi connectivity index (χ4n) is 2.21. The van der Waals surface area contributed by atoms with Gasteiger partial charge < -0.3 is 19.4 Å². The Morgan fingerprint density at radius 1 is 1.00 bits per heavy atom. The zero-order valence-electron chi connectivity index (χ0n) is 13.7. The van der Waals surface area contributed by atoms with Crippen molar-refractivity contribution in [2.24, 2.45) is 0 Å². The standard InChI is InChI=1S/C16H30N3O/c1-17(2)10-7-11-18(3)15-8-6-9-16(14-15)19(4)12-13-20-5/h8-9,14H,6-7,10-13H2,1-5H3. The summed E-state index contributed by atoms with van der Waals surface area (Å²) < 4.78 is 5.14. The number of hydrogen-bond donors (Lipinski definition) is 0. The first-order valence-corrected chi connectivity index (χ1v) is 7.35. The summed E-state index contributed by atoms with van der Waals surface area (Å²) in [5.74, 6) is 0. The topological polar surface area (TPSA) is 19.0 Å². The molecule has 0 aromatic rings. The number of nitrogens with zero attached hydrogens (tertiary/aromatic N) is 3. The van der Waals surface area contributed by atoms with Crippen LogP contribution in [0.3, 0.4) is 0 Å². The Morgan fingerprint density at radius 3 is 2.35 bits per heavy atom. The molecule has 0 unspecified atom stereocenters. The Morgan fingerprint density at radius 2 is 1.70 bits per heavy atom. The van der Waals surface area contributed by atoms with Gasteiger partial charge >= 0.3 is 0 Å². The Labute approximate surface area is 124 Å². The molecule has 1 rings (SSSR count). The van der Waals surface area contributed by atoms with Crippen molar-refractivity contribution in [1.82, 2.24) is 14.7 Å². The van der Waals surface area contributed by atoms with Crippen molar-refractivity contribution >= 4 is 0 Å². The predicted molar refractivity (Wildman–Crippen MR) is 85.4 cm³/mol. The monoisotopic (exact) mass is 280 g/mol. The lowest BCUT2D eigenvalue weighted by molar-refractivity contribution is 0.174. The van der Waals surface area contributed by atoms with Crippen LogP contribution in [0.25, 0.3) is 0 Å². The van der Waals surface area contributed by atoms with E-state index < -0.39 is 0 Å². The fourth-order valence-corrected chi connectivity index (χ4v) is 2.21. The minimum Gasteiger partial charge on any atom is -0.383 e. The molecule has 4 nitrogen and oxygen atoms in total. The molecule has 1 radical (unpaired) electrons. The first kappa shape index (κ1) is 17.1. The van der Waals surface area contributed by atoms with E-state index in [1.807, 2.05) is 0 Å². The van der Waals surface area contributed by atoms with Crippen LogP contribution in [0.4, 0.5) is 0 Å². The average molecular weight is 280 g/mol. The van der Waals surface area contributed by atoms with Crippen LogP contribution < -0.4 is 0 Å². The van der Waals surface area contributed by atoms with Gasteiger partial charge in [-0.1, -0.05) is 6.08 Å². The summed E-state index contributed by atoms with van der Waals surface area (Å²) in [6.07, 6.45) is 9.04. The highest BCUT2D eigenvalue weighted by Gasteiger charge is 2.12. The quantitative estimate of drug-likeness (QED) is 0.641. The van der Waals surface area contributed by atoms with Crippen LogP contribution in [-0.4, -0.2) is 76.2 Å². The number of allylic oxidation sites excluding steroid dienone is 3. The summed E-state index contributed by atoms with van der Waals surface area (Å²) in [5.41, 5.74) is 2.62. The average Bonchev–Trinajstić information content (AvgIpc) is 2.44. The molecule has 0 aromatic carbocycles. The largest absolute Gasteiger partial charge is 0.383 e. The van der Waals surface area contributed by atoms with E-state index in [4.69, 9.17) is 4.74 Å². The second kappa shape index (κ2) is 9.03. The maximum atomic E-state index is 5.14. The summed E-state index contributed by atoms with van der Waals surface area (Å²) in [7, 11) is 10.3. The van der Waals surface area contributed by atoms with E-state index >= 15 is 0 Å². The molecule has 1 aliphatic carbocycles. The highest BCUT2D eigenvalue weighted by Crippen LogP contribution is 2.20. The molecule has 0 bridgehead atoms. The number of ether oxygens (including phenoxy) is 1. The summed E-state index contributed by atoms with van der Waals surface area (Å²) in [6.45, 7) is 3.92. The van der Waals surface area contributed by atoms with E-state index in [1.54, 1.807) is 7.11 Å². The molecule has 0 spiro atoms. The molecule has 115 valence electrons. The Kier molecular flexibility index (Phi) is 7.70. The number of likely N-dealkylation sites (N-methyl/N-ethyl adjacent to an activating group) is 2. The molecule has 4 heteroatoms. The molecular formula is C16H30N3O. The van der Waals surface area contributed by atoms with Gasteiger partial charge in [0, 0.05) is 52.1 Å². The molecule has 1 aliphatic rings. The number of methoxy groups -OCH3 is 1. The second-order valence-corrected chi connectivity index (χ2v) is 5.63. The van der Waals surface area contributed by atoms with Crippen molar-refractivity contribution in [1.29, 1.82) is 0 Å². The summed E-state index contributed by atoms with van der Waals surface area (Å²) in [5, 5.41) is 0. The van der Waals surface area contributed by atoms with Gasteiger partial charge in [0.05, 0.1) is 6.61 Å². The molecule has 0 N–H and O–H groups in total. The third kappa shape index (κ3) is 5.97. The molecule has 0 heterocycles. The van der Waals surface area contributed by atoms with Gasteiger partial charge in [0.25, 0.3) is 0 Å². The normalized spacial score (nSPS) is 15.1. The van der Waals surface area contributed by atoms with Crippen molar-refractivity contribution in [2.75, 3.05) is 61.5 Å². The maximum absolute atomic E-state index is 5.14. The van der Waals surface area contributed by atoms with Gasteiger partial charge in [-0.25, -0.2) is 0 Å². The van der Waals surface area contributed by atoms with E-state index in [9.17, 15) is 0 Å². The molecule has 0 aliphatic heterocycles. The zero-order valence-corrected chi connectivity index (χ0v) is 13.7. The van der Waals surface area contributed by atoms with E-state index in [-0.39, 0.29) is 0 Å². The summed E-state index contributed by atoms with van der Waals surface area (Å²) in [6, 6.07) is 0. The smallest absolute Gasteiger partial charge is 0.0637 e. The van der Waals surface area contributed by atoms with Crippen LogP contribution in [-0.2, 0) is 4.74 Å². The molecule has 20 heavy (non-hydrogen) atoms. The molecular weight excluding hydrogens is 250 g/mol. The SMILES string of the molecule is COCCN(C)C1=CC(N(C)CCCN(C)C)=CC[CH]1. The van der Waals surface area contributed by atoms with Crippen LogP contribution in [0.15, 0.2) is 23.5 Å². The minimum atomic E-state index is 0.763. The van der Waals surface area contributed by atoms with Crippen LogP contribution in [0.2, 0.25) is 0 Å². The second-order valence-electron chi connectivity index (χ2n) is 5.63. The summed E-state index contributed by atoms with van der Waals surface area (Å²) in [4.78, 5) is 6.83. The van der Waals surface area contributed by atoms with Crippen molar-refractivity contribution in [3.05, 3.63) is 30.0 Å². The molecule has 0 saturated carbocycles. The van der Waals surface area contributed by atoms with Crippen molar-refractivity contribution in [2.45, 2.75) is 12.8 Å². The van der Waals surface area contributed by atoms with E-state index in [1.165, 1.54) is 17.8 Å². The highest BCUT2D eigenvalue weighted by atomic mass is 16.5. The highest BCUT2D eigenvalue weighted by molar-refractivity contribution is 5.31. The Hall–Kier alpha value is -1.00. The predicted octanol–water partition coefficient (Wildman–Crippen LogP) is 1.82. The van der Waals surface area contributed by atoms with Gasteiger partial charge in [-0.2, -0.15) is 0 Å². The van der Waals surface area contributed by atoms with Crippen LogP contribution in [0.5, 0.6) is 0 Å². The zero-order chi connectivity index (χ0) is 15.0. The van der Waals surface area contributed by atoms with Crippen LogP contribution >= 0.6 is 0 Å². The molecule has 0 aromatic heterocycles. The molecule has 0 amide bonds. The van der Waals surface area contributed by atoms with Crippen molar-refractivity contribution in [3.63, 3.8) is 0 Å². The Balaban J connectivity index is 2.48. The third-order valence-corrected chi connectivity index (χ3v) is 3.56. The van der Waals surface area contributed by atoms with E-state index in [0.29, 0.717) is 0 Å². The number of rotatable bonds is 9. The molecule has 0 fully saturated rings. The summed E-state index contributed by atoms with van der Waals surface area (Å²) >= 11 is 0. The Bertz CT molecular complexity index is 337. The first-order valence-electron chi connectivity index (χ1n) is 7.35. The van der Waals surface area contributed by atoms with E-state index in [0.717, 1.165) is 32.7 Å². The van der Waals surface area contributed by atoms with Crippen LogP contribution in [0, 0.1) is 6.42 Å².